The van der Waals surface area contributed by atoms with Crippen molar-refractivity contribution in [2.75, 3.05) is 12.3 Å². The van der Waals surface area contributed by atoms with Gasteiger partial charge in [0.1, 0.15) is 11.6 Å². The van der Waals surface area contributed by atoms with Gasteiger partial charge in [-0.15, -0.1) is 0 Å². The molecular formula is C14H14F2N2O2S. The molecule has 7 heteroatoms. The second kappa shape index (κ2) is 6.19. The van der Waals surface area contributed by atoms with Gasteiger partial charge in [-0.1, -0.05) is 18.2 Å². The average molecular weight is 312 g/mol. The first-order valence-electron chi connectivity index (χ1n) is 6.18. The molecular weight excluding hydrogens is 298 g/mol. The van der Waals surface area contributed by atoms with E-state index >= 15 is 0 Å². The lowest BCUT2D eigenvalue weighted by Gasteiger charge is -2.08. The van der Waals surface area contributed by atoms with Gasteiger partial charge in [0.15, 0.2) is 0 Å². The third-order valence-corrected chi connectivity index (χ3v) is 4.39. The summed E-state index contributed by atoms with van der Waals surface area (Å²) in [7, 11) is -3.85. The second-order valence-electron chi connectivity index (χ2n) is 4.42. The lowest BCUT2D eigenvalue weighted by molar-refractivity contribution is 0.574. The normalized spacial score (nSPS) is 11.5. The van der Waals surface area contributed by atoms with E-state index in [9.17, 15) is 17.2 Å². The molecule has 0 saturated heterocycles. The maximum atomic E-state index is 13.4. The van der Waals surface area contributed by atoms with Crippen LogP contribution in [0.1, 0.15) is 5.56 Å². The summed E-state index contributed by atoms with van der Waals surface area (Å²) in [5.74, 6) is -1.19. The SMILES string of the molecule is Nc1ccc(S(=O)(=O)NCCc2ccccc2F)cc1F. The van der Waals surface area contributed by atoms with Crippen LogP contribution in [0.4, 0.5) is 14.5 Å². The molecule has 0 aliphatic carbocycles. The van der Waals surface area contributed by atoms with E-state index < -0.39 is 21.7 Å². The van der Waals surface area contributed by atoms with E-state index in [1.54, 1.807) is 18.2 Å². The van der Waals surface area contributed by atoms with E-state index in [-0.39, 0.29) is 23.5 Å². The first-order chi connectivity index (χ1) is 9.90. The Labute approximate surface area is 121 Å². The number of nitrogen functional groups attached to an aromatic ring is 1. The molecule has 21 heavy (non-hydrogen) atoms. The van der Waals surface area contributed by atoms with Gasteiger partial charge in [-0.25, -0.2) is 21.9 Å². The fourth-order valence-corrected chi connectivity index (χ4v) is 2.82. The maximum absolute atomic E-state index is 13.4. The van der Waals surface area contributed by atoms with Crippen LogP contribution in [-0.4, -0.2) is 15.0 Å². The zero-order chi connectivity index (χ0) is 15.5. The Morgan fingerprint density at radius 1 is 1.05 bits per heavy atom. The Kier molecular flexibility index (Phi) is 4.54. The molecule has 0 aromatic heterocycles. The zero-order valence-corrected chi connectivity index (χ0v) is 11.8. The summed E-state index contributed by atoms with van der Waals surface area (Å²) in [6.07, 6.45) is 0.198. The van der Waals surface area contributed by atoms with Crippen molar-refractivity contribution >= 4 is 15.7 Å². The molecule has 2 aromatic carbocycles. The van der Waals surface area contributed by atoms with Crippen LogP contribution in [0.15, 0.2) is 47.4 Å². The van der Waals surface area contributed by atoms with Crippen LogP contribution in [-0.2, 0) is 16.4 Å². The summed E-state index contributed by atoms with van der Waals surface area (Å²) >= 11 is 0. The molecule has 0 saturated carbocycles. The molecule has 0 unspecified atom stereocenters. The molecule has 0 aliphatic rings. The topological polar surface area (TPSA) is 72.2 Å². The van der Waals surface area contributed by atoms with Crippen molar-refractivity contribution in [2.24, 2.45) is 0 Å². The molecule has 4 nitrogen and oxygen atoms in total. The van der Waals surface area contributed by atoms with Gasteiger partial charge in [-0.05, 0) is 36.2 Å². The second-order valence-corrected chi connectivity index (χ2v) is 6.19. The standard InChI is InChI=1S/C14H14F2N2O2S/c15-12-4-2-1-3-10(12)7-8-18-21(19,20)11-5-6-14(17)13(16)9-11/h1-6,9,18H,7-8,17H2. The van der Waals surface area contributed by atoms with Gasteiger partial charge >= 0.3 is 0 Å². The quantitative estimate of drug-likeness (QED) is 0.830. The summed E-state index contributed by atoms with van der Waals surface area (Å²) < 4.78 is 52.9. The van der Waals surface area contributed by atoms with Crippen LogP contribution in [0.5, 0.6) is 0 Å². The molecule has 0 amide bonds. The van der Waals surface area contributed by atoms with E-state index in [1.165, 1.54) is 18.2 Å². The van der Waals surface area contributed by atoms with Crippen molar-refractivity contribution in [2.45, 2.75) is 11.3 Å². The minimum atomic E-state index is -3.85. The highest BCUT2D eigenvalue weighted by molar-refractivity contribution is 7.89. The van der Waals surface area contributed by atoms with E-state index in [2.05, 4.69) is 4.72 Å². The number of nitrogens with two attached hydrogens (primary N) is 1. The molecule has 0 radical (unpaired) electrons. The van der Waals surface area contributed by atoms with Crippen molar-refractivity contribution in [3.05, 3.63) is 59.7 Å². The van der Waals surface area contributed by atoms with Crippen LogP contribution < -0.4 is 10.5 Å². The molecule has 0 atom stereocenters. The zero-order valence-electron chi connectivity index (χ0n) is 11.0. The Morgan fingerprint density at radius 3 is 2.43 bits per heavy atom. The molecule has 112 valence electrons. The third-order valence-electron chi connectivity index (χ3n) is 2.93. The van der Waals surface area contributed by atoms with Crippen LogP contribution in [0.2, 0.25) is 0 Å². The first-order valence-corrected chi connectivity index (χ1v) is 7.66. The van der Waals surface area contributed by atoms with Gasteiger partial charge in [-0.3, -0.25) is 0 Å². The smallest absolute Gasteiger partial charge is 0.240 e. The molecule has 0 fully saturated rings. The van der Waals surface area contributed by atoms with Gasteiger partial charge in [0, 0.05) is 6.54 Å². The number of rotatable bonds is 5. The minimum absolute atomic E-state index is 0.00919. The number of hydrogen-bond donors (Lipinski definition) is 2. The van der Waals surface area contributed by atoms with E-state index in [1.807, 2.05) is 0 Å². The molecule has 0 heterocycles. The summed E-state index contributed by atoms with van der Waals surface area (Å²) in [6, 6.07) is 9.35. The largest absolute Gasteiger partial charge is 0.396 e. The van der Waals surface area contributed by atoms with Gasteiger partial charge in [-0.2, -0.15) is 0 Å². The van der Waals surface area contributed by atoms with Crippen LogP contribution in [0.3, 0.4) is 0 Å². The molecule has 2 aromatic rings. The number of anilines is 1. The summed E-state index contributed by atoms with van der Waals surface area (Å²) in [4.78, 5) is -0.220. The first kappa shape index (κ1) is 15.4. The van der Waals surface area contributed by atoms with E-state index in [4.69, 9.17) is 5.73 Å². The Hall–Kier alpha value is -1.99. The number of nitrogens with one attached hydrogen (secondary N) is 1. The highest BCUT2D eigenvalue weighted by atomic mass is 32.2. The summed E-state index contributed by atoms with van der Waals surface area (Å²) in [6.45, 7) is 0.00919. The number of hydrogen-bond acceptors (Lipinski definition) is 3. The van der Waals surface area contributed by atoms with Crippen molar-refractivity contribution in [1.29, 1.82) is 0 Å². The molecule has 0 aliphatic heterocycles. The fraction of sp³-hybridized carbons (Fsp3) is 0.143. The number of halogens is 2. The Morgan fingerprint density at radius 2 is 1.76 bits per heavy atom. The number of benzene rings is 2. The fourth-order valence-electron chi connectivity index (χ4n) is 1.78. The Bertz CT molecular complexity index is 748. The minimum Gasteiger partial charge on any atom is -0.396 e. The van der Waals surface area contributed by atoms with Crippen molar-refractivity contribution < 1.29 is 17.2 Å². The van der Waals surface area contributed by atoms with E-state index in [0.717, 1.165) is 6.07 Å². The van der Waals surface area contributed by atoms with Crippen molar-refractivity contribution in [1.82, 2.24) is 4.72 Å². The average Bonchev–Trinajstić information content (AvgIpc) is 2.44. The van der Waals surface area contributed by atoms with Gasteiger partial charge < -0.3 is 5.73 Å². The molecule has 0 bridgehead atoms. The molecule has 0 spiro atoms. The van der Waals surface area contributed by atoms with Gasteiger partial charge in [0.05, 0.1) is 10.6 Å². The lowest BCUT2D eigenvalue weighted by Crippen LogP contribution is -2.26. The predicted octanol–water partition coefficient (Wildman–Crippen LogP) is 2.07. The highest BCUT2D eigenvalue weighted by Gasteiger charge is 2.15. The van der Waals surface area contributed by atoms with Crippen LogP contribution >= 0.6 is 0 Å². The highest BCUT2D eigenvalue weighted by Crippen LogP contribution is 2.16. The van der Waals surface area contributed by atoms with Gasteiger partial charge in [0.2, 0.25) is 10.0 Å². The lowest BCUT2D eigenvalue weighted by atomic mass is 10.1. The van der Waals surface area contributed by atoms with Crippen molar-refractivity contribution in [3.8, 4) is 0 Å². The van der Waals surface area contributed by atoms with Crippen LogP contribution in [0, 0.1) is 11.6 Å². The molecule has 2 rings (SSSR count). The monoisotopic (exact) mass is 312 g/mol. The maximum Gasteiger partial charge on any atom is 0.240 e. The summed E-state index contributed by atoms with van der Waals surface area (Å²) in [5, 5.41) is 0. The van der Waals surface area contributed by atoms with Crippen molar-refractivity contribution in [3.63, 3.8) is 0 Å². The molecule has 3 N–H and O–H groups in total. The Balaban J connectivity index is 2.05. The van der Waals surface area contributed by atoms with Gasteiger partial charge in [0.25, 0.3) is 0 Å². The summed E-state index contributed by atoms with van der Waals surface area (Å²) in [5.41, 5.74) is 5.57. The third kappa shape index (κ3) is 3.77. The predicted molar refractivity (Wildman–Crippen MR) is 76.1 cm³/mol. The van der Waals surface area contributed by atoms with Crippen LogP contribution in [0.25, 0.3) is 0 Å². The number of sulfonamides is 1. The van der Waals surface area contributed by atoms with E-state index in [0.29, 0.717) is 5.56 Å².